The van der Waals surface area contributed by atoms with Crippen molar-refractivity contribution in [1.29, 1.82) is 0 Å². The Labute approximate surface area is 136 Å². The van der Waals surface area contributed by atoms with Crippen LogP contribution in [0.5, 0.6) is 11.5 Å². The number of rotatable bonds is 4. The Morgan fingerprint density at radius 3 is 2.74 bits per heavy atom. The van der Waals surface area contributed by atoms with Gasteiger partial charge in [-0.2, -0.15) is 0 Å². The van der Waals surface area contributed by atoms with Crippen molar-refractivity contribution in [2.24, 2.45) is 0 Å². The number of hydrogen-bond donors (Lipinski definition) is 1. The van der Waals surface area contributed by atoms with Crippen LogP contribution in [0.2, 0.25) is 0 Å². The maximum absolute atomic E-state index is 12.4. The number of nitrogens with one attached hydrogen (secondary N) is 1. The number of aryl methyl sites for hydroxylation is 1. The number of amides is 1. The molecule has 2 aromatic carbocycles. The smallest absolute Gasteiger partial charge is 0.255 e. The van der Waals surface area contributed by atoms with Gasteiger partial charge >= 0.3 is 0 Å². The SMILES string of the molecule is CCOc1cc2c(cc1NC(=O)c1ccc(C)cc1)O[C@@H](C)C2. The molecule has 1 amide bonds. The van der Waals surface area contributed by atoms with Crippen molar-refractivity contribution in [1.82, 2.24) is 0 Å². The van der Waals surface area contributed by atoms with Crippen LogP contribution in [-0.2, 0) is 6.42 Å². The van der Waals surface area contributed by atoms with Crippen molar-refractivity contribution in [3.8, 4) is 11.5 Å². The molecule has 1 atom stereocenters. The van der Waals surface area contributed by atoms with E-state index in [0.717, 1.165) is 23.3 Å². The van der Waals surface area contributed by atoms with Gasteiger partial charge in [0.05, 0.1) is 12.3 Å². The van der Waals surface area contributed by atoms with Crippen molar-refractivity contribution in [3.05, 3.63) is 53.1 Å². The lowest BCUT2D eigenvalue weighted by Gasteiger charge is -2.13. The molecule has 0 aliphatic carbocycles. The molecule has 4 heteroatoms. The lowest BCUT2D eigenvalue weighted by Crippen LogP contribution is -2.13. The van der Waals surface area contributed by atoms with Gasteiger partial charge in [0.2, 0.25) is 0 Å². The summed E-state index contributed by atoms with van der Waals surface area (Å²) in [4.78, 5) is 12.4. The average Bonchev–Trinajstić information content (AvgIpc) is 2.87. The minimum absolute atomic E-state index is 0.155. The van der Waals surface area contributed by atoms with Crippen molar-refractivity contribution in [2.45, 2.75) is 33.3 Å². The molecule has 0 fully saturated rings. The van der Waals surface area contributed by atoms with Crippen LogP contribution in [0.3, 0.4) is 0 Å². The van der Waals surface area contributed by atoms with Crippen LogP contribution in [-0.4, -0.2) is 18.6 Å². The van der Waals surface area contributed by atoms with Crippen LogP contribution in [0.15, 0.2) is 36.4 Å². The van der Waals surface area contributed by atoms with Gasteiger partial charge in [0.1, 0.15) is 17.6 Å². The molecule has 1 aliphatic rings. The van der Waals surface area contributed by atoms with E-state index in [4.69, 9.17) is 9.47 Å². The Bertz CT molecular complexity index is 722. The van der Waals surface area contributed by atoms with Gasteiger partial charge in [0.15, 0.2) is 0 Å². The van der Waals surface area contributed by atoms with E-state index < -0.39 is 0 Å². The van der Waals surface area contributed by atoms with Crippen LogP contribution in [0.25, 0.3) is 0 Å². The molecule has 0 bridgehead atoms. The third-order valence-electron chi connectivity index (χ3n) is 3.86. The second-order valence-electron chi connectivity index (χ2n) is 5.84. The van der Waals surface area contributed by atoms with E-state index in [1.165, 1.54) is 0 Å². The molecule has 0 aromatic heterocycles. The first-order valence-corrected chi connectivity index (χ1v) is 7.91. The number of fused-ring (bicyclic) bond motifs is 1. The third kappa shape index (κ3) is 3.31. The van der Waals surface area contributed by atoms with E-state index in [0.29, 0.717) is 23.6 Å². The largest absolute Gasteiger partial charge is 0.492 e. The number of anilines is 1. The molecular formula is C19H21NO3. The number of benzene rings is 2. The summed E-state index contributed by atoms with van der Waals surface area (Å²) in [6, 6.07) is 11.3. The van der Waals surface area contributed by atoms with Crippen LogP contribution < -0.4 is 14.8 Å². The second kappa shape index (κ2) is 6.32. The van der Waals surface area contributed by atoms with Crippen molar-refractivity contribution >= 4 is 11.6 Å². The molecule has 1 heterocycles. The lowest BCUT2D eigenvalue weighted by molar-refractivity contribution is 0.102. The Kier molecular flexibility index (Phi) is 4.24. The quantitative estimate of drug-likeness (QED) is 0.929. The number of ether oxygens (including phenoxy) is 2. The van der Waals surface area contributed by atoms with E-state index in [1.807, 2.05) is 57.2 Å². The van der Waals surface area contributed by atoms with Crippen molar-refractivity contribution < 1.29 is 14.3 Å². The summed E-state index contributed by atoms with van der Waals surface area (Å²) in [5.74, 6) is 1.35. The summed E-state index contributed by atoms with van der Waals surface area (Å²) < 4.78 is 11.5. The van der Waals surface area contributed by atoms with E-state index in [1.54, 1.807) is 0 Å². The molecule has 0 unspecified atom stereocenters. The molecule has 1 N–H and O–H groups in total. The van der Waals surface area contributed by atoms with Gasteiger partial charge in [0.25, 0.3) is 5.91 Å². The summed E-state index contributed by atoms with van der Waals surface area (Å²) in [5, 5.41) is 2.93. The molecule has 0 radical (unpaired) electrons. The first-order valence-electron chi connectivity index (χ1n) is 7.91. The number of carbonyl (C=O) groups is 1. The predicted molar refractivity (Wildman–Crippen MR) is 90.5 cm³/mol. The highest BCUT2D eigenvalue weighted by Gasteiger charge is 2.22. The van der Waals surface area contributed by atoms with E-state index >= 15 is 0 Å². The molecular weight excluding hydrogens is 290 g/mol. The summed E-state index contributed by atoms with van der Waals surface area (Å²) in [6.07, 6.45) is 1.02. The number of carbonyl (C=O) groups excluding carboxylic acids is 1. The molecule has 0 saturated heterocycles. The van der Waals surface area contributed by atoms with Gasteiger partial charge in [-0.1, -0.05) is 17.7 Å². The minimum Gasteiger partial charge on any atom is -0.492 e. The predicted octanol–water partition coefficient (Wildman–Crippen LogP) is 3.97. The van der Waals surface area contributed by atoms with E-state index in [-0.39, 0.29) is 12.0 Å². The fourth-order valence-corrected chi connectivity index (χ4v) is 2.71. The molecule has 4 nitrogen and oxygen atoms in total. The molecule has 3 rings (SSSR count). The fraction of sp³-hybridized carbons (Fsp3) is 0.316. The highest BCUT2D eigenvalue weighted by molar-refractivity contribution is 6.05. The number of hydrogen-bond acceptors (Lipinski definition) is 3. The highest BCUT2D eigenvalue weighted by Crippen LogP contribution is 2.38. The van der Waals surface area contributed by atoms with Gasteiger partial charge in [-0.25, -0.2) is 0 Å². The first-order chi connectivity index (χ1) is 11.1. The second-order valence-corrected chi connectivity index (χ2v) is 5.84. The van der Waals surface area contributed by atoms with Crippen LogP contribution >= 0.6 is 0 Å². The fourth-order valence-electron chi connectivity index (χ4n) is 2.71. The minimum atomic E-state index is -0.156. The maximum Gasteiger partial charge on any atom is 0.255 e. The summed E-state index contributed by atoms with van der Waals surface area (Å²) in [5.41, 5.74) is 3.50. The molecule has 0 spiro atoms. The van der Waals surface area contributed by atoms with Gasteiger partial charge in [-0.05, 0) is 39.0 Å². The van der Waals surface area contributed by atoms with Crippen LogP contribution in [0.1, 0.15) is 35.3 Å². The first kappa shape index (κ1) is 15.4. The van der Waals surface area contributed by atoms with Crippen molar-refractivity contribution in [2.75, 3.05) is 11.9 Å². The zero-order chi connectivity index (χ0) is 16.4. The topological polar surface area (TPSA) is 47.6 Å². The monoisotopic (exact) mass is 311 g/mol. The summed E-state index contributed by atoms with van der Waals surface area (Å²) in [6.45, 7) is 6.50. The zero-order valence-electron chi connectivity index (χ0n) is 13.7. The van der Waals surface area contributed by atoms with E-state index in [2.05, 4.69) is 5.32 Å². The highest BCUT2D eigenvalue weighted by atomic mass is 16.5. The van der Waals surface area contributed by atoms with Crippen molar-refractivity contribution in [3.63, 3.8) is 0 Å². The third-order valence-corrected chi connectivity index (χ3v) is 3.86. The van der Waals surface area contributed by atoms with Gasteiger partial charge in [-0.15, -0.1) is 0 Å². The standard InChI is InChI=1S/C19H21NO3/c1-4-22-18-10-15-9-13(3)23-17(15)11-16(18)20-19(21)14-7-5-12(2)6-8-14/h5-8,10-11,13H,4,9H2,1-3H3,(H,20,21)/t13-/m0/s1. The Balaban J connectivity index is 1.88. The normalized spacial score (nSPS) is 15.7. The lowest BCUT2D eigenvalue weighted by atomic mass is 10.1. The Morgan fingerprint density at radius 2 is 2.04 bits per heavy atom. The molecule has 0 saturated carbocycles. The molecule has 23 heavy (non-hydrogen) atoms. The Hall–Kier alpha value is -2.49. The maximum atomic E-state index is 12.4. The zero-order valence-corrected chi connectivity index (χ0v) is 13.7. The van der Waals surface area contributed by atoms with Gasteiger partial charge in [0, 0.05) is 23.6 Å². The van der Waals surface area contributed by atoms with Crippen LogP contribution in [0, 0.1) is 6.92 Å². The van der Waals surface area contributed by atoms with Crippen LogP contribution in [0.4, 0.5) is 5.69 Å². The molecule has 120 valence electrons. The molecule has 2 aromatic rings. The average molecular weight is 311 g/mol. The molecule has 1 aliphatic heterocycles. The summed E-state index contributed by atoms with van der Waals surface area (Å²) in [7, 11) is 0. The van der Waals surface area contributed by atoms with Gasteiger partial charge < -0.3 is 14.8 Å². The summed E-state index contributed by atoms with van der Waals surface area (Å²) >= 11 is 0. The Morgan fingerprint density at radius 1 is 1.30 bits per heavy atom. The van der Waals surface area contributed by atoms with E-state index in [9.17, 15) is 4.79 Å². The van der Waals surface area contributed by atoms with Gasteiger partial charge in [-0.3, -0.25) is 4.79 Å².